The van der Waals surface area contributed by atoms with Gasteiger partial charge in [0.1, 0.15) is 0 Å². The van der Waals surface area contributed by atoms with E-state index < -0.39 is 21.9 Å². The molecule has 1 atom stereocenters. The first-order valence-corrected chi connectivity index (χ1v) is 7.64. The summed E-state index contributed by atoms with van der Waals surface area (Å²) in [5.74, 6) is -1.67. The number of hydrogen-bond donors (Lipinski definition) is 2. The zero-order valence-corrected chi connectivity index (χ0v) is 11.9. The lowest BCUT2D eigenvalue weighted by Crippen LogP contribution is -2.33. The van der Waals surface area contributed by atoms with Crippen molar-refractivity contribution in [3.8, 4) is 0 Å². The minimum absolute atomic E-state index is 0.0839. The molecule has 0 saturated carbocycles. The second kappa shape index (κ2) is 6.68. The molecule has 2 N–H and O–H groups in total. The zero-order valence-electron chi connectivity index (χ0n) is 11.1. The molecule has 0 aliphatic rings. The number of aliphatic carboxylic acids is 1. The van der Waals surface area contributed by atoms with Crippen LogP contribution >= 0.6 is 0 Å². The quantitative estimate of drug-likeness (QED) is 0.799. The van der Waals surface area contributed by atoms with E-state index in [0.29, 0.717) is 12.8 Å². The summed E-state index contributed by atoms with van der Waals surface area (Å²) >= 11 is 0. The first kappa shape index (κ1) is 15.7. The second-order valence-corrected chi connectivity index (χ2v) is 6.26. The van der Waals surface area contributed by atoms with Gasteiger partial charge in [0.25, 0.3) is 0 Å². The molecule has 0 amide bonds. The molecule has 0 radical (unpaired) electrons. The smallest absolute Gasteiger partial charge is 0.307 e. The van der Waals surface area contributed by atoms with Crippen LogP contribution in [0.2, 0.25) is 0 Å². The monoisotopic (exact) mass is 285 g/mol. The Morgan fingerprint density at radius 2 is 2.11 bits per heavy atom. The van der Waals surface area contributed by atoms with Crippen molar-refractivity contribution in [3.05, 3.63) is 29.8 Å². The van der Waals surface area contributed by atoms with E-state index in [1.54, 1.807) is 25.1 Å². The van der Waals surface area contributed by atoms with Crippen LogP contribution in [-0.2, 0) is 14.8 Å². The molecule has 19 heavy (non-hydrogen) atoms. The van der Waals surface area contributed by atoms with Gasteiger partial charge < -0.3 is 5.11 Å². The van der Waals surface area contributed by atoms with E-state index >= 15 is 0 Å². The SMILES string of the molecule is CCCC(CNS(=O)(=O)c1cccc(C)c1)C(=O)O. The van der Waals surface area contributed by atoms with E-state index in [1.165, 1.54) is 6.07 Å². The number of sulfonamides is 1. The van der Waals surface area contributed by atoms with Crippen molar-refractivity contribution in [1.29, 1.82) is 0 Å². The normalized spacial score (nSPS) is 13.2. The van der Waals surface area contributed by atoms with Crippen molar-refractivity contribution in [2.24, 2.45) is 5.92 Å². The molecule has 106 valence electrons. The van der Waals surface area contributed by atoms with E-state index in [4.69, 9.17) is 5.11 Å². The van der Waals surface area contributed by atoms with Crippen LogP contribution < -0.4 is 4.72 Å². The Hall–Kier alpha value is -1.40. The number of hydrogen-bond acceptors (Lipinski definition) is 3. The second-order valence-electron chi connectivity index (χ2n) is 4.49. The highest BCUT2D eigenvalue weighted by Crippen LogP contribution is 2.12. The highest BCUT2D eigenvalue weighted by atomic mass is 32.2. The summed E-state index contributed by atoms with van der Waals surface area (Å²) in [4.78, 5) is 11.1. The molecule has 0 fully saturated rings. The van der Waals surface area contributed by atoms with Gasteiger partial charge in [0.05, 0.1) is 10.8 Å². The molecule has 1 unspecified atom stereocenters. The molecule has 0 saturated heterocycles. The fourth-order valence-corrected chi connectivity index (χ4v) is 2.92. The Kier molecular flexibility index (Phi) is 5.50. The van der Waals surface area contributed by atoms with E-state index in [1.807, 2.05) is 6.92 Å². The van der Waals surface area contributed by atoms with Crippen molar-refractivity contribution >= 4 is 16.0 Å². The third kappa shape index (κ3) is 4.65. The molecule has 0 heterocycles. The maximum Gasteiger partial charge on any atom is 0.307 e. The van der Waals surface area contributed by atoms with Crippen LogP contribution in [0, 0.1) is 12.8 Å². The van der Waals surface area contributed by atoms with E-state index in [2.05, 4.69) is 4.72 Å². The van der Waals surface area contributed by atoms with Gasteiger partial charge in [-0.3, -0.25) is 4.79 Å². The fourth-order valence-electron chi connectivity index (χ4n) is 1.74. The Balaban J connectivity index is 2.77. The zero-order chi connectivity index (χ0) is 14.5. The first-order chi connectivity index (χ1) is 8.86. The van der Waals surface area contributed by atoms with Gasteiger partial charge in [0.15, 0.2) is 0 Å². The summed E-state index contributed by atoms with van der Waals surface area (Å²) in [6.07, 6.45) is 1.15. The van der Waals surface area contributed by atoms with Gasteiger partial charge in [-0.15, -0.1) is 0 Å². The molecule has 6 heteroatoms. The van der Waals surface area contributed by atoms with E-state index in [-0.39, 0.29) is 11.4 Å². The van der Waals surface area contributed by atoms with Gasteiger partial charge in [0.2, 0.25) is 10.0 Å². The highest BCUT2D eigenvalue weighted by Gasteiger charge is 2.20. The number of carboxylic acids is 1. The molecule has 1 aromatic rings. The third-order valence-corrected chi connectivity index (χ3v) is 4.23. The average Bonchev–Trinajstić information content (AvgIpc) is 2.34. The summed E-state index contributed by atoms with van der Waals surface area (Å²) in [6, 6.07) is 6.50. The minimum atomic E-state index is -3.64. The van der Waals surface area contributed by atoms with Gasteiger partial charge >= 0.3 is 5.97 Å². The predicted molar refractivity (Wildman–Crippen MR) is 72.4 cm³/mol. The molecule has 0 bridgehead atoms. The maximum atomic E-state index is 12.0. The van der Waals surface area contributed by atoms with Crippen LogP contribution in [0.3, 0.4) is 0 Å². The number of benzene rings is 1. The van der Waals surface area contributed by atoms with Crippen LogP contribution in [0.4, 0.5) is 0 Å². The molecular formula is C13H19NO4S. The Morgan fingerprint density at radius 3 is 2.63 bits per heavy atom. The van der Waals surface area contributed by atoms with Crippen LogP contribution in [-0.4, -0.2) is 26.0 Å². The van der Waals surface area contributed by atoms with Crippen molar-refractivity contribution in [2.45, 2.75) is 31.6 Å². The lowest BCUT2D eigenvalue weighted by atomic mass is 10.1. The molecule has 0 spiro atoms. The van der Waals surface area contributed by atoms with E-state index in [9.17, 15) is 13.2 Å². The number of carbonyl (C=O) groups is 1. The van der Waals surface area contributed by atoms with Crippen LogP contribution in [0.25, 0.3) is 0 Å². The Morgan fingerprint density at radius 1 is 1.42 bits per heavy atom. The van der Waals surface area contributed by atoms with Gasteiger partial charge in [-0.05, 0) is 31.0 Å². The minimum Gasteiger partial charge on any atom is -0.481 e. The summed E-state index contributed by atoms with van der Waals surface area (Å²) in [7, 11) is -3.64. The lowest BCUT2D eigenvalue weighted by Gasteiger charge is -2.13. The van der Waals surface area contributed by atoms with Crippen molar-refractivity contribution in [3.63, 3.8) is 0 Å². The average molecular weight is 285 g/mol. The van der Waals surface area contributed by atoms with Gasteiger partial charge in [0, 0.05) is 6.54 Å². The lowest BCUT2D eigenvalue weighted by molar-refractivity contribution is -0.141. The molecule has 1 rings (SSSR count). The van der Waals surface area contributed by atoms with Crippen molar-refractivity contribution in [2.75, 3.05) is 6.54 Å². The summed E-state index contributed by atoms with van der Waals surface area (Å²) in [6.45, 7) is 3.58. The standard InChI is InChI=1S/C13H19NO4S/c1-3-5-11(13(15)16)9-14-19(17,18)12-7-4-6-10(2)8-12/h4,6-8,11,14H,3,5,9H2,1-2H3,(H,15,16). The summed E-state index contributed by atoms with van der Waals surface area (Å²) < 4.78 is 26.4. The number of nitrogens with one attached hydrogen (secondary N) is 1. The van der Waals surface area contributed by atoms with E-state index in [0.717, 1.165) is 5.56 Å². The predicted octanol–water partition coefficient (Wildman–Crippen LogP) is 1.77. The molecule has 1 aromatic carbocycles. The first-order valence-electron chi connectivity index (χ1n) is 6.16. The van der Waals surface area contributed by atoms with Gasteiger partial charge in [-0.1, -0.05) is 25.5 Å². The van der Waals surface area contributed by atoms with Gasteiger partial charge in [-0.25, -0.2) is 13.1 Å². The molecular weight excluding hydrogens is 266 g/mol. The summed E-state index contributed by atoms with van der Waals surface area (Å²) in [5, 5.41) is 8.98. The molecule has 0 aromatic heterocycles. The highest BCUT2D eigenvalue weighted by molar-refractivity contribution is 7.89. The topological polar surface area (TPSA) is 83.5 Å². The van der Waals surface area contributed by atoms with Gasteiger partial charge in [-0.2, -0.15) is 0 Å². The maximum absolute atomic E-state index is 12.0. The van der Waals surface area contributed by atoms with Crippen molar-refractivity contribution < 1.29 is 18.3 Å². The Bertz CT molecular complexity index is 539. The number of rotatable bonds is 7. The van der Waals surface area contributed by atoms with Crippen LogP contribution in [0.5, 0.6) is 0 Å². The molecule has 0 aliphatic heterocycles. The summed E-state index contributed by atoms with van der Waals surface area (Å²) in [5.41, 5.74) is 0.839. The number of aryl methyl sites for hydroxylation is 1. The fraction of sp³-hybridized carbons (Fsp3) is 0.462. The Labute approximate surface area is 113 Å². The van der Waals surface area contributed by atoms with Crippen LogP contribution in [0.1, 0.15) is 25.3 Å². The van der Waals surface area contributed by atoms with Crippen LogP contribution in [0.15, 0.2) is 29.2 Å². The largest absolute Gasteiger partial charge is 0.481 e. The van der Waals surface area contributed by atoms with Crippen molar-refractivity contribution in [1.82, 2.24) is 4.72 Å². The molecule has 5 nitrogen and oxygen atoms in total. The molecule has 0 aliphatic carbocycles. The number of carboxylic acid groups (broad SMARTS) is 1. The third-order valence-electron chi connectivity index (χ3n) is 2.81.